The van der Waals surface area contributed by atoms with Gasteiger partial charge in [0.15, 0.2) is 0 Å². The van der Waals surface area contributed by atoms with Gasteiger partial charge in [-0.25, -0.2) is 0 Å². The number of aliphatic hydroxyl groups excluding tert-OH is 1. The van der Waals surface area contributed by atoms with Crippen LogP contribution in [-0.4, -0.2) is 24.6 Å². The Bertz CT molecular complexity index is 309. The second-order valence-electron chi connectivity index (χ2n) is 3.28. The summed E-state index contributed by atoms with van der Waals surface area (Å²) in [5.74, 6) is -0.0243. The zero-order valence-corrected chi connectivity index (χ0v) is 8.79. The van der Waals surface area contributed by atoms with E-state index in [1.54, 1.807) is 7.05 Å². The summed E-state index contributed by atoms with van der Waals surface area (Å²) in [5, 5.41) is 14.4. The molecule has 1 amide bonds. The fourth-order valence-electron chi connectivity index (χ4n) is 1.19. The Morgan fingerprint density at radius 3 is 2.40 bits per heavy atom. The summed E-state index contributed by atoms with van der Waals surface area (Å²) in [6.07, 6.45) is 0. The molecule has 0 unspecified atom stereocenters. The Kier molecular flexibility index (Phi) is 4.80. The molecule has 0 saturated carbocycles. The van der Waals surface area contributed by atoms with Crippen molar-refractivity contribution in [2.75, 3.05) is 13.6 Å². The number of amides is 1. The number of carbonyl (C=O) groups is 1. The van der Waals surface area contributed by atoms with Gasteiger partial charge in [0, 0.05) is 6.54 Å². The number of nitrogens with one attached hydrogen (secondary N) is 2. The van der Waals surface area contributed by atoms with E-state index in [-0.39, 0.29) is 12.5 Å². The van der Waals surface area contributed by atoms with Crippen molar-refractivity contribution in [3.63, 3.8) is 0 Å². The molecule has 82 valence electrons. The van der Waals surface area contributed by atoms with E-state index in [1.807, 2.05) is 24.3 Å². The smallest absolute Gasteiger partial charge is 0.234 e. The lowest BCUT2D eigenvalue weighted by molar-refractivity contribution is -0.120. The van der Waals surface area contributed by atoms with Gasteiger partial charge >= 0.3 is 0 Å². The molecule has 0 fully saturated rings. The number of carbonyl (C=O) groups excluding carboxylic acids is 1. The first kappa shape index (κ1) is 11.7. The molecule has 4 heteroatoms. The van der Waals surface area contributed by atoms with Gasteiger partial charge in [0.05, 0.1) is 13.2 Å². The van der Waals surface area contributed by atoms with Crippen LogP contribution in [0.25, 0.3) is 0 Å². The van der Waals surface area contributed by atoms with E-state index >= 15 is 0 Å². The van der Waals surface area contributed by atoms with E-state index in [4.69, 9.17) is 5.11 Å². The van der Waals surface area contributed by atoms with Crippen molar-refractivity contribution in [1.82, 2.24) is 10.6 Å². The van der Waals surface area contributed by atoms with Gasteiger partial charge in [-0.15, -0.1) is 0 Å². The van der Waals surface area contributed by atoms with Crippen molar-refractivity contribution in [2.45, 2.75) is 13.2 Å². The summed E-state index contributed by atoms with van der Waals surface area (Å²) in [5.41, 5.74) is 1.90. The van der Waals surface area contributed by atoms with Crippen molar-refractivity contribution < 1.29 is 9.90 Å². The molecule has 3 N–H and O–H groups in total. The fraction of sp³-hybridized carbons (Fsp3) is 0.364. The molecule has 0 atom stereocenters. The molecule has 15 heavy (non-hydrogen) atoms. The number of aliphatic hydroxyl groups is 1. The third kappa shape index (κ3) is 4.10. The monoisotopic (exact) mass is 208 g/mol. The van der Waals surface area contributed by atoms with Gasteiger partial charge in [0.1, 0.15) is 0 Å². The lowest BCUT2D eigenvalue weighted by atomic mass is 10.1. The zero-order chi connectivity index (χ0) is 11.1. The molecular weight excluding hydrogens is 192 g/mol. The normalized spacial score (nSPS) is 10.0. The van der Waals surface area contributed by atoms with Crippen molar-refractivity contribution in [3.05, 3.63) is 35.4 Å². The summed E-state index contributed by atoms with van der Waals surface area (Å²) in [4.78, 5) is 11.1. The Hall–Kier alpha value is -1.39. The second-order valence-corrected chi connectivity index (χ2v) is 3.28. The molecule has 0 aliphatic rings. The predicted molar refractivity (Wildman–Crippen MR) is 58.1 cm³/mol. The SMILES string of the molecule is CNCC(=O)NCc1ccc(CO)cc1. The highest BCUT2D eigenvalue weighted by Gasteiger charge is 1.98. The predicted octanol–water partition coefficient (Wildman–Crippen LogP) is 0.0145. The highest BCUT2D eigenvalue weighted by Crippen LogP contribution is 2.03. The molecular formula is C11H16N2O2. The molecule has 0 aliphatic heterocycles. The number of benzene rings is 1. The molecule has 0 spiro atoms. The molecule has 0 saturated heterocycles. The lowest BCUT2D eigenvalue weighted by Gasteiger charge is -2.05. The topological polar surface area (TPSA) is 61.4 Å². The molecule has 1 aromatic rings. The molecule has 0 aromatic heterocycles. The first-order valence-electron chi connectivity index (χ1n) is 4.86. The van der Waals surface area contributed by atoms with Crippen molar-refractivity contribution >= 4 is 5.91 Å². The summed E-state index contributed by atoms with van der Waals surface area (Å²) in [6, 6.07) is 7.48. The first-order valence-corrected chi connectivity index (χ1v) is 4.86. The van der Waals surface area contributed by atoms with Gasteiger partial charge < -0.3 is 15.7 Å². The minimum atomic E-state index is -0.0243. The largest absolute Gasteiger partial charge is 0.392 e. The number of likely N-dealkylation sites (N-methyl/N-ethyl adjacent to an activating group) is 1. The number of hydrogen-bond donors (Lipinski definition) is 3. The lowest BCUT2D eigenvalue weighted by Crippen LogP contribution is -2.31. The van der Waals surface area contributed by atoms with E-state index in [2.05, 4.69) is 10.6 Å². The van der Waals surface area contributed by atoms with Crippen molar-refractivity contribution in [2.24, 2.45) is 0 Å². The first-order chi connectivity index (χ1) is 7.26. The Balaban J connectivity index is 2.40. The van der Waals surface area contributed by atoms with Crippen molar-refractivity contribution in [1.29, 1.82) is 0 Å². The third-order valence-corrected chi connectivity index (χ3v) is 2.03. The minimum Gasteiger partial charge on any atom is -0.392 e. The summed E-state index contributed by atoms with van der Waals surface area (Å²) in [7, 11) is 1.73. The van der Waals surface area contributed by atoms with Crippen LogP contribution in [0.3, 0.4) is 0 Å². The van der Waals surface area contributed by atoms with Crippen molar-refractivity contribution in [3.8, 4) is 0 Å². The Labute approximate surface area is 89.3 Å². The van der Waals surface area contributed by atoms with Crippen LogP contribution in [0.5, 0.6) is 0 Å². The number of hydrogen-bond acceptors (Lipinski definition) is 3. The van der Waals surface area contributed by atoms with Gasteiger partial charge in [-0.3, -0.25) is 4.79 Å². The molecule has 0 aliphatic carbocycles. The van der Waals surface area contributed by atoms with Crippen LogP contribution in [0.4, 0.5) is 0 Å². The maximum Gasteiger partial charge on any atom is 0.234 e. The van der Waals surface area contributed by atoms with Crippen LogP contribution < -0.4 is 10.6 Å². The van der Waals surface area contributed by atoms with E-state index < -0.39 is 0 Å². The fourth-order valence-corrected chi connectivity index (χ4v) is 1.19. The van der Waals surface area contributed by atoms with Crippen LogP contribution in [0.15, 0.2) is 24.3 Å². The van der Waals surface area contributed by atoms with Gasteiger partial charge in [-0.2, -0.15) is 0 Å². The maximum atomic E-state index is 11.1. The molecule has 1 rings (SSSR count). The van der Waals surface area contributed by atoms with Gasteiger partial charge in [-0.1, -0.05) is 24.3 Å². The zero-order valence-electron chi connectivity index (χ0n) is 8.79. The standard InChI is InChI=1S/C11H16N2O2/c1-12-7-11(15)13-6-9-2-4-10(8-14)5-3-9/h2-5,12,14H,6-8H2,1H3,(H,13,15). The van der Waals surface area contributed by atoms with E-state index in [1.165, 1.54) is 0 Å². The van der Waals surface area contributed by atoms with Crippen LogP contribution in [0.2, 0.25) is 0 Å². The highest BCUT2D eigenvalue weighted by atomic mass is 16.3. The van der Waals surface area contributed by atoms with E-state index in [9.17, 15) is 4.79 Å². The maximum absolute atomic E-state index is 11.1. The van der Waals surface area contributed by atoms with Crippen LogP contribution >= 0.6 is 0 Å². The van der Waals surface area contributed by atoms with Crippen LogP contribution in [0.1, 0.15) is 11.1 Å². The second kappa shape index (κ2) is 6.16. The Morgan fingerprint density at radius 1 is 1.27 bits per heavy atom. The van der Waals surface area contributed by atoms with Crippen LogP contribution in [-0.2, 0) is 17.9 Å². The van der Waals surface area contributed by atoms with Crippen LogP contribution in [0, 0.1) is 0 Å². The van der Waals surface area contributed by atoms with E-state index in [0.717, 1.165) is 11.1 Å². The quantitative estimate of drug-likeness (QED) is 0.639. The average molecular weight is 208 g/mol. The molecule has 0 bridgehead atoms. The van der Waals surface area contributed by atoms with Gasteiger partial charge in [-0.05, 0) is 18.2 Å². The molecule has 0 heterocycles. The summed E-state index contributed by atoms with van der Waals surface area (Å²) < 4.78 is 0. The highest BCUT2D eigenvalue weighted by molar-refractivity contribution is 5.77. The molecule has 0 radical (unpaired) electrons. The number of rotatable bonds is 5. The van der Waals surface area contributed by atoms with E-state index in [0.29, 0.717) is 13.1 Å². The van der Waals surface area contributed by atoms with Gasteiger partial charge in [0.25, 0.3) is 0 Å². The summed E-state index contributed by atoms with van der Waals surface area (Å²) in [6.45, 7) is 0.896. The van der Waals surface area contributed by atoms with Gasteiger partial charge in [0.2, 0.25) is 5.91 Å². The molecule has 1 aromatic carbocycles. The molecule has 4 nitrogen and oxygen atoms in total. The minimum absolute atomic E-state index is 0.0243. The summed E-state index contributed by atoms with van der Waals surface area (Å²) >= 11 is 0. The third-order valence-electron chi connectivity index (χ3n) is 2.03. The average Bonchev–Trinajstić information content (AvgIpc) is 2.27. The Morgan fingerprint density at radius 2 is 1.87 bits per heavy atom.